The molecule has 1 heteroatoms. The van der Waals surface area contributed by atoms with E-state index < -0.39 is 0 Å². The Balaban J connectivity index is 3.55. The molecule has 0 aromatic carbocycles. The van der Waals surface area contributed by atoms with Gasteiger partial charge in [-0.05, 0) is 27.2 Å². The van der Waals surface area contributed by atoms with E-state index in [-0.39, 0.29) is 5.54 Å². The van der Waals surface area contributed by atoms with Gasteiger partial charge in [-0.15, -0.1) is 6.58 Å². The summed E-state index contributed by atoms with van der Waals surface area (Å²) in [5.41, 5.74) is 6.75. The summed E-state index contributed by atoms with van der Waals surface area (Å²) in [5.74, 6) is 0. The minimum atomic E-state index is -0.0775. The summed E-state index contributed by atoms with van der Waals surface area (Å²) in [6, 6.07) is 0. The third-order valence-corrected chi connectivity index (χ3v) is 0.757. The van der Waals surface area contributed by atoms with Crippen molar-refractivity contribution in [1.29, 1.82) is 0 Å². The van der Waals surface area contributed by atoms with Crippen molar-refractivity contribution in [3.63, 3.8) is 0 Å². The van der Waals surface area contributed by atoms with E-state index in [1.807, 2.05) is 20.8 Å². The van der Waals surface area contributed by atoms with Crippen LogP contribution in [0, 0.1) is 0 Å². The highest BCUT2D eigenvalue weighted by molar-refractivity contribution is 4.95. The molecule has 0 fully saturated rings. The molecule has 0 radical (unpaired) electrons. The van der Waals surface area contributed by atoms with Gasteiger partial charge in [0.1, 0.15) is 0 Å². The van der Waals surface area contributed by atoms with Crippen LogP contribution in [-0.4, -0.2) is 5.54 Å². The average Bonchev–Trinajstić information content (AvgIpc) is 1.21. The van der Waals surface area contributed by atoms with E-state index in [1.165, 1.54) is 0 Å². The summed E-state index contributed by atoms with van der Waals surface area (Å²) in [6.07, 6.45) is 0.910. The van der Waals surface area contributed by atoms with Gasteiger partial charge in [-0.1, -0.05) is 5.57 Å². The average molecular weight is 113 g/mol. The first-order valence-electron chi connectivity index (χ1n) is 2.85. The van der Waals surface area contributed by atoms with Gasteiger partial charge >= 0.3 is 0 Å². The fourth-order valence-electron chi connectivity index (χ4n) is 0.778. The number of nitrogens with two attached hydrogens (primary N) is 1. The topological polar surface area (TPSA) is 26.0 Å². The molecule has 0 unspecified atom stereocenters. The van der Waals surface area contributed by atoms with Crippen molar-refractivity contribution in [3.8, 4) is 0 Å². The summed E-state index contributed by atoms with van der Waals surface area (Å²) < 4.78 is 0. The molecule has 0 aromatic rings. The summed E-state index contributed by atoms with van der Waals surface area (Å²) in [4.78, 5) is 0. The first-order chi connectivity index (χ1) is 3.42. The molecule has 0 saturated heterocycles. The van der Waals surface area contributed by atoms with Crippen LogP contribution in [-0.2, 0) is 0 Å². The Kier molecular flexibility index (Phi) is 2.23. The van der Waals surface area contributed by atoms with Crippen LogP contribution < -0.4 is 5.73 Å². The van der Waals surface area contributed by atoms with Crippen LogP contribution >= 0.6 is 0 Å². The Bertz CT molecular complexity index is 87.1. The highest BCUT2D eigenvalue weighted by atomic mass is 14.7. The summed E-state index contributed by atoms with van der Waals surface area (Å²) in [7, 11) is 0. The third kappa shape index (κ3) is 5.70. The molecule has 0 spiro atoms. The van der Waals surface area contributed by atoms with Crippen molar-refractivity contribution >= 4 is 0 Å². The predicted molar refractivity (Wildman–Crippen MR) is 37.7 cm³/mol. The van der Waals surface area contributed by atoms with E-state index in [1.54, 1.807) is 0 Å². The lowest BCUT2D eigenvalue weighted by Crippen LogP contribution is -2.31. The molecule has 0 heterocycles. The standard InChI is InChI=1S/C7H15N/c1-6(2)5-7(3,4)8/h1,5,8H2,2-4H3. The Morgan fingerprint density at radius 2 is 2.00 bits per heavy atom. The summed E-state index contributed by atoms with van der Waals surface area (Å²) >= 11 is 0. The normalized spacial score (nSPS) is 11.5. The first kappa shape index (κ1) is 7.70. The van der Waals surface area contributed by atoms with Gasteiger partial charge in [0.05, 0.1) is 0 Å². The van der Waals surface area contributed by atoms with Crippen LogP contribution in [0.15, 0.2) is 12.2 Å². The molecule has 0 aliphatic rings. The number of rotatable bonds is 2. The third-order valence-electron chi connectivity index (χ3n) is 0.757. The maximum atomic E-state index is 5.68. The van der Waals surface area contributed by atoms with Crippen molar-refractivity contribution in [2.75, 3.05) is 0 Å². The fraction of sp³-hybridized carbons (Fsp3) is 0.714. The van der Waals surface area contributed by atoms with Crippen LogP contribution in [0.25, 0.3) is 0 Å². The van der Waals surface area contributed by atoms with Crippen LogP contribution in [0.4, 0.5) is 0 Å². The van der Waals surface area contributed by atoms with E-state index in [4.69, 9.17) is 5.73 Å². The lowest BCUT2D eigenvalue weighted by Gasteiger charge is -2.17. The lowest BCUT2D eigenvalue weighted by molar-refractivity contribution is 0.515. The minimum Gasteiger partial charge on any atom is -0.325 e. The molecule has 0 bridgehead atoms. The Hall–Kier alpha value is -0.300. The molecule has 0 aliphatic heterocycles. The van der Waals surface area contributed by atoms with E-state index in [2.05, 4.69) is 6.58 Å². The van der Waals surface area contributed by atoms with Gasteiger partial charge in [0, 0.05) is 5.54 Å². The maximum absolute atomic E-state index is 5.68. The van der Waals surface area contributed by atoms with Crippen LogP contribution in [0.1, 0.15) is 27.2 Å². The molecule has 2 N–H and O–H groups in total. The lowest BCUT2D eigenvalue weighted by atomic mass is 9.98. The smallest absolute Gasteiger partial charge is 0.0134 e. The fourth-order valence-corrected chi connectivity index (χ4v) is 0.778. The van der Waals surface area contributed by atoms with E-state index in [0.717, 1.165) is 12.0 Å². The van der Waals surface area contributed by atoms with E-state index >= 15 is 0 Å². The SMILES string of the molecule is C=C(C)CC(C)(C)N. The van der Waals surface area contributed by atoms with Crippen molar-refractivity contribution in [2.45, 2.75) is 32.7 Å². The van der Waals surface area contributed by atoms with Crippen molar-refractivity contribution in [3.05, 3.63) is 12.2 Å². The largest absolute Gasteiger partial charge is 0.325 e. The Labute approximate surface area is 51.6 Å². The quantitative estimate of drug-likeness (QED) is 0.542. The van der Waals surface area contributed by atoms with Gasteiger partial charge in [0.25, 0.3) is 0 Å². The maximum Gasteiger partial charge on any atom is 0.0134 e. The predicted octanol–water partition coefficient (Wildman–Crippen LogP) is 1.69. The van der Waals surface area contributed by atoms with Crippen LogP contribution in [0.3, 0.4) is 0 Å². The van der Waals surface area contributed by atoms with Crippen molar-refractivity contribution < 1.29 is 0 Å². The molecule has 0 saturated carbocycles. The van der Waals surface area contributed by atoms with Crippen LogP contribution in [0.5, 0.6) is 0 Å². The summed E-state index contributed by atoms with van der Waals surface area (Å²) in [5, 5.41) is 0. The highest BCUT2D eigenvalue weighted by Crippen LogP contribution is 2.09. The molecule has 1 nitrogen and oxygen atoms in total. The van der Waals surface area contributed by atoms with Gasteiger partial charge in [-0.2, -0.15) is 0 Å². The molecule has 0 amide bonds. The Morgan fingerprint density at radius 1 is 1.62 bits per heavy atom. The second-order valence-electron chi connectivity index (χ2n) is 3.12. The van der Waals surface area contributed by atoms with Gasteiger partial charge in [0.2, 0.25) is 0 Å². The second-order valence-corrected chi connectivity index (χ2v) is 3.12. The molecule has 0 aromatic heterocycles. The zero-order chi connectivity index (χ0) is 6.78. The summed E-state index contributed by atoms with van der Waals surface area (Å²) in [6.45, 7) is 9.76. The zero-order valence-electron chi connectivity index (χ0n) is 5.99. The van der Waals surface area contributed by atoms with Crippen molar-refractivity contribution in [2.24, 2.45) is 5.73 Å². The molecule has 8 heavy (non-hydrogen) atoms. The Morgan fingerprint density at radius 3 is 2.00 bits per heavy atom. The molecule has 0 aliphatic carbocycles. The highest BCUT2D eigenvalue weighted by Gasteiger charge is 2.08. The minimum absolute atomic E-state index is 0.0775. The molecule has 0 rings (SSSR count). The second kappa shape index (κ2) is 2.31. The van der Waals surface area contributed by atoms with Crippen LogP contribution in [0.2, 0.25) is 0 Å². The van der Waals surface area contributed by atoms with E-state index in [0.29, 0.717) is 0 Å². The zero-order valence-corrected chi connectivity index (χ0v) is 5.99. The first-order valence-corrected chi connectivity index (χ1v) is 2.85. The molecular weight excluding hydrogens is 98.1 g/mol. The van der Waals surface area contributed by atoms with E-state index in [9.17, 15) is 0 Å². The number of hydrogen-bond acceptors (Lipinski definition) is 1. The monoisotopic (exact) mass is 113 g/mol. The van der Waals surface area contributed by atoms with Crippen molar-refractivity contribution in [1.82, 2.24) is 0 Å². The molecule has 48 valence electrons. The number of hydrogen-bond donors (Lipinski definition) is 1. The molecular formula is C7H15N. The van der Waals surface area contributed by atoms with Gasteiger partial charge < -0.3 is 5.73 Å². The molecule has 0 atom stereocenters. The van der Waals surface area contributed by atoms with Gasteiger partial charge in [-0.3, -0.25) is 0 Å². The van der Waals surface area contributed by atoms with Gasteiger partial charge in [0.15, 0.2) is 0 Å². The van der Waals surface area contributed by atoms with Gasteiger partial charge in [-0.25, -0.2) is 0 Å².